The molecule has 0 spiro atoms. The molecule has 1 aromatic rings. The number of thiophene rings is 1. The van der Waals surface area contributed by atoms with Crippen LogP contribution in [0, 0.1) is 0 Å². The van der Waals surface area contributed by atoms with E-state index in [9.17, 15) is 9.59 Å². The van der Waals surface area contributed by atoms with Crippen molar-refractivity contribution in [2.75, 3.05) is 20.6 Å². The lowest BCUT2D eigenvalue weighted by Gasteiger charge is -2.16. The van der Waals surface area contributed by atoms with E-state index in [1.165, 1.54) is 11.3 Å². The van der Waals surface area contributed by atoms with E-state index in [4.69, 9.17) is 5.84 Å². The highest BCUT2D eigenvalue weighted by Gasteiger charge is 2.13. The summed E-state index contributed by atoms with van der Waals surface area (Å²) < 4.78 is 0. The highest BCUT2D eigenvalue weighted by Crippen LogP contribution is 2.18. The first kappa shape index (κ1) is 14.6. The van der Waals surface area contributed by atoms with Crippen LogP contribution in [0.15, 0.2) is 11.4 Å². The molecule has 1 rings (SSSR count). The van der Waals surface area contributed by atoms with Crippen molar-refractivity contribution in [2.45, 2.75) is 13.0 Å². The van der Waals surface area contributed by atoms with Gasteiger partial charge in [-0.05, 0) is 24.1 Å². The van der Waals surface area contributed by atoms with Gasteiger partial charge in [-0.2, -0.15) is 0 Å². The van der Waals surface area contributed by atoms with Crippen molar-refractivity contribution in [3.63, 3.8) is 0 Å². The smallest absolute Gasteiger partial charge is 0.275 e. The number of hydrogen-bond donors (Lipinski definition) is 3. The SMILES string of the molecule is CNC(=O)CCN(C)Cc1ccsc1C(=O)NN. The summed E-state index contributed by atoms with van der Waals surface area (Å²) in [6, 6.07) is 1.89. The molecule has 0 atom stereocenters. The quantitative estimate of drug-likeness (QED) is 0.383. The minimum atomic E-state index is -0.278. The van der Waals surface area contributed by atoms with Gasteiger partial charge in [-0.25, -0.2) is 5.84 Å². The normalized spacial score (nSPS) is 10.4. The van der Waals surface area contributed by atoms with E-state index in [1.807, 2.05) is 23.4 Å². The van der Waals surface area contributed by atoms with Crippen LogP contribution in [0.2, 0.25) is 0 Å². The third kappa shape index (κ3) is 4.10. The molecule has 1 aromatic heterocycles. The molecular weight excluding hydrogens is 252 g/mol. The van der Waals surface area contributed by atoms with Crippen molar-refractivity contribution in [3.05, 3.63) is 21.9 Å². The molecule has 7 heteroatoms. The molecule has 0 radical (unpaired) electrons. The van der Waals surface area contributed by atoms with Crippen molar-refractivity contribution in [1.29, 1.82) is 0 Å². The van der Waals surface area contributed by atoms with Crippen molar-refractivity contribution < 1.29 is 9.59 Å². The van der Waals surface area contributed by atoms with Gasteiger partial charge in [0, 0.05) is 26.6 Å². The minimum absolute atomic E-state index is 0.00657. The van der Waals surface area contributed by atoms with Gasteiger partial charge in [-0.1, -0.05) is 0 Å². The largest absolute Gasteiger partial charge is 0.359 e. The number of amides is 2. The molecule has 1 heterocycles. The molecule has 2 amide bonds. The predicted molar refractivity (Wildman–Crippen MR) is 71.0 cm³/mol. The molecule has 100 valence electrons. The van der Waals surface area contributed by atoms with E-state index in [2.05, 4.69) is 10.7 Å². The summed E-state index contributed by atoms with van der Waals surface area (Å²) in [7, 11) is 3.52. The standard InChI is InChI=1S/C11H18N4O2S/c1-13-9(16)3-5-15(2)7-8-4-6-18-10(8)11(17)14-12/h4,6H,3,5,7,12H2,1-2H3,(H,13,16)(H,14,17). The Hall–Kier alpha value is -1.44. The molecule has 0 unspecified atom stereocenters. The Balaban J connectivity index is 2.54. The zero-order valence-corrected chi connectivity index (χ0v) is 11.3. The van der Waals surface area contributed by atoms with Crippen LogP contribution < -0.4 is 16.6 Å². The van der Waals surface area contributed by atoms with Gasteiger partial charge in [-0.3, -0.25) is 15.0 Å². The Bertz CT molecular complexity index is 419. The highest BCUT2D eigenvalue weighted by atomic mass is 32.1. The highest BCUT2D eigenvalue weighted by molar-refractivity contribution is 7.12. The third-order valence-electron chi connectivity index (χ3n) is 2.52. The van der Waals surface area contributed by atoms with E-state index in [-0.39, 0.29) is 11.8 Å². The Morgan fingerprint density at radius 1 is 1.50 bits per heavy atom. The molecule has 18 heavy (non-hydrogen) atoms. The maximum Gasteiger partial charge on any atom is 0.275 e. The zero-order chi connectivity index (χ0) is 13.5. The lowest BCUT2D eigenvalue weighted by atomic mass is 10.2. The molecule has 0 aliphatic rings. The van der Waals surface area contributed by atoms with Gasteiger partial charge in [0.05, 0.1) is 4.88 Å². The summed E-state index contributed by atoms with van der Waals surface area (Å²) in [5.41, 5.74) is 3.05. The number of nitrogens with one attached hydrogen (secondary N) is 2. The van der Waals surface area contributed by atoms with Crippen LogP contribution in [0.3, 0.4) is 0 Å². The number of carbonyl (C=O) groups is 2. The molecular formula is C11H18N4O2S. The molecule has 0 aromatic carbocycles. The molecule has 4 N–H and O–H groups in total. The fourth-order valence-electron chi connectivity index (χ4n) is 1.51. The topological polar surface area (TPSA) is 87.5 Å². The van der Waals surface area contributed by atoms with Gasteiger partial charge in [-0.15, -0.1) is 11.3 Å². The number of nitrogen functional groups attached to an aromatic ring is 1. The van der Waals surface area contributed by atoms with Crippen LogP contribution >= 0.6 is 11.3 Å². The van der Waals surface area contributed by atoms with Crippen LogP contribution in [-0.2, 0) is 11.3 Å². The summed E-state index contributed by atoms with van der Waals surface area (Å²) in [6.07, 6.45) is 0.440. The number of hydrazine groups is 1. The lowest BCUT2D eigenvalue weighted by Crippen LogP contribution is -2.31. The Morgan fingerprint density at radius 3 is 2.83 bits per heavy atom. The average molecular weight is 270 g/mol. The van der Waals surface area contributed by atoms with E-state index >= 15 is 0 Å². The first-order valence-corrected chi connectivity index (χ1v) is 6.43. The molecule has 6 nitrogen and oxygen atoms in total. The number of carbonyl (C=O) groups excluding carboxylic acids is 2. The summed E-state index contributed by atoms with van der Waals surface area (Å²) in [5, 5.41) is 4.43. The van der Waals surface area contributed by atoms with Gasteiger partial charge in [0.25, 0.3) is 5.91 Å². The van der Waals surface area contributed by atoms with Crippen molar-refractivity contribution in [3.8, 4) is 0 Å². The molecule has 0 saturated carbocycles. The summed E-state index contributed by atoms with van der Waals surface area (Å²) in [4.78, 5) is 25.2. The Labute approximate surface area is 110 Å². The van der Waals surface area contributed by atoms with Crippen molar-refractivity contribution in [2.24, 2.45) is 5.84 Å². The number of nitrogens with two attached hydrogens (primary N) is 1. The summed E-state index contributed by atoms with van der Waals surface area (Å²) >= 11 is 1.36. The monoisotopic (exact) mass is 270 g/mol. The van der Waals surface area contributed by atoms with E-state index < -0.39 is 0 Å². The van der Waals surface area contributed by atoms with Crippen molar-refractivity contribution >= 4 is 23.2 Å². The molecule has 0 fully saturated rings. The van der Waals surface area contributed by atoms with E-state index in [0.717, 1.165) is 5.56 Å². The minimum Gasteiger partial charge on any atom is -0.359 e. The van der Waals surface area contributed by atoms with Crippen LogP contribution in [0.1, 0.15) is 21.7 Å². The summed E-state index contributed by atoms with van der Waals surface area (Å²) in [5.74, 6) is 4.85. The second kappa shape index (κ2) is 7.10. The van der Waals surface area contributed by atoms with Gasteiger partial charge in [0.15, 0.2) is 0 Å². The lowest BCUT2D eigenvalue weighted by molar-refractivity contribution is -0.120. The first-order valence-electron chi connectivity index (χ1n) is 5.55. The molecule has 0 saturated heterocycles. The average Bonchev–Trinajstić information content (AvgIpc) is 2.82. The van der Waals surface area contributed by atoms with Crippen LogP contribution in [0.25, 0.3) is 0 Å². The maximum absolute atomic E-state index is 11.5. The van der Waals surface area contributed by atoms with Crippen LogP contribution in [0.4, 0.5) is 0 Å². The fourth-order valence-corrected chi connectivity index (χ4v) is 2.33. The Kier molecular flexibility index (Phi) is 5.76. The fraction of sp³-hybridized carbons (Fsp3) is 0.455. The van der Waals surface area contributed by atoms with Gasteiger partial charge in [0.1, 0.15) is 0 Å². The van der Waals surface area contributed by atoms with Crippen LogP contribution in [-0.4, -0.2) is 37.4 Å². The van der Waals surface area contributed by atoms with Crippen molar-refractivity contribution in [1.82, 2.24) is 15.6 Å². The number of nitrogens with zero attached hydrogens (tertiary/aromatic N) is 1. The van der Waals surface area contributed by atoms with Gasteiger partial charge < -0.3 is 10.2 Å². The number of hydrogen-bond acceptors (Lipinski definition) is 5. The predicted octanol–water partition coefficient (Wildman–Crippen LogP) is -0.0805. The van der Waals surface area contributed by atoms with E-state index in [1.54, 1.807) is 7.05 Å². The maximum atomic E-state index is 11.5. The molecule has 0 aliphatic carbocycles. The zero-order valence-electron chi connectivity index (χ0n) is 10.5. The second-order valence-electron chi connectivity index (χ2n) is 3.91. The number of rotatable bonds is 6. The van der Waals surface area contributed by atoms with Gasteiger partial charge in [0.2, 0.25) is 5.91 Å². The van der Waals surface area contributed by atoms with Gasteiger partial charge >= 0.3 is 0 Å². The van der Waals surface area contributed by atoms with Crippen LogP contribution in [0.5, 0.6) is 0 Å². The third-order valence-corrected chi connectivity index (χ3v) is 3.48. The second-order valence-corrected chi connectivity index (χ2v) is 4.83. The molecule has 0 bridgehead atoms. The Morgan fingerprint density at radius 2 is 2.22 bits per heavy atom. The summed E-state index contributed by atoms with van der Waals surface area (Å²) in [6.45, 7) is 1.25. The van der Waals surface area contributed by atoms with E-state index in [0.29, 0.717) is 24.4 Å². The molecule has 0 aliphatic heterocycles. The first-order chi connectivity index (χ1) is 8.58.